The molecule has 0 atom stereocenters. The quantitative estimate of drug-likeness (QED) is 0.794. The van der Waals surface area contributed by atoms with E-state index in [2.05, 4.69) is 5.32 Å². The minimum atomic E-state index is 0.256. The molecule has 1 aromatic rings. The standard InChI is InChI=1S/C12H17NO2/c1-15-11-7-2-4-9(12(11)14)8-13-10-5-3-6-10/h2,4,7,10,13-14H,3,5-6,8H2,1H3. The number of hydrogen-bond acceptors (Lipinski definition) is 3. The van der Waals surface area contributed by atoms with Gasteiger partial charge in [0, 0.05) is 18.2 Å². The van der Waals surface area contributed by atoms with Crippen molar-refractivity contribution in [2.75, 3.05) is 7.11 Å². The Kier molecular flexibility index (Phi) is 3.11. The molecule has 1 fully saturated rings. The van der Waals surface area contributed by atoms with Crippen LogP contribution in [0.15, 0.2) is 18.2 Å². The van der Waals surface area contributed by atoms with Gasteiger partial charge >= 0.3 is 0 Å². The van der Waals surface area contributed by atoms with Crippen molar-refractivity contribution < 1.29 is 9.84 Å². The van der Waals surface area contributed by atoms with Crippen LogP contribution in [-0.4, -0.2) is 18.3 Å². The van der Waals surface area contributed by atoms with Crippen LogP contribution < -0.4 is 10.1 Å². The van der Waals surface area contributed by atoms with Gasteiger partial charge in [0.05, 0.1) is 7.11 Å². The van der Waals surface area contributed by atoms with Gasteiger partial charge in [-0.2, -0.15) is 0 Å². The first-order valence-corrected chi connectivity index (χ1v) is 5.39. The largest absolute Gasteiger partial charge is 0.504 e. The van der Waals surface area contributed by atoms with Crippen molar-refractivity contribution >= 4 is 0 Å². The second kappa shape index (κ2) is 4.53. The minimum Gasteiger partial charge on any atom is -0.504 e. The highest BCUT2D eigenvalue weighted by atomic mass is 16.5. The number of benzene rings is 1. The van der Waals surface area contributed by atoms with Crippen molar-refractivity contribution in [3.05, 3.63) is 23.8 Å². The first-order valence-electron chi connectivity index (χ1n) is 5.39. The normalized spacial score (nSPS) is 16.1. The number of hydrogen-bond donors (Lipinski definition) is 2. The van der Waals surface area contributed by atoms with Crippen molar-refractivity contribution in [3.63, 3.8) is 0 Å². The zero-order valence-corrected chi connectivity index (χ0v) is 8.99. The van der Waals surface area contributed by atoms with Crippen LogP contribution in [0.1, 0.15) is 24.8 Å². The Labute approximate surface area is 90.1 Å². The molecule has 1 aliphatic carbocycles. The summed E-state index contributed by atoms with van der Waals surface area (Å²) in [5.74, 6) is 0.801. The number of ether oxygens (including phenoxy) is 1. The summed E-state index contributed by atoms with van der Waals surface area (Å²) in [6, 6.07) is 6.22. The lowest BCUT2D eigenvalue weighted by Crippen LogP contribution is -2.34. The molecule has 0 spiro atoms. The van der Waals surface area contributed by atoms with Crippen LogP contribution in [0.3, 0.4) is 0 Å². The lowest BCUT2D eigenvalue weighted by atomic mass is 9.93. The number of rotatable bonds is 4. The zero-order chi connectivity index (χ0) is 10.7. The number of phenolic OH excluding ortho intramolecular Hbond substituents is 1. The van der Waals surface area contributed by atoms with Crippen molar-refractivity contribution in [3.8, 4) is 11.5 Å². The fourth-order valence-corrected chi connectivity index (χ4v) is 1.74. The van der Waals surface area contributed by atoms with Crippen LogP contribution in [0.4, 0.5) is 0 Å². The summed E-state index contributed by atoms with van der Waals surface area (Å²) in [6.07, 6.45) is 3.83. The van der Waals surface area contributed by atoms with E-state index in [1.165, 1.54) is 19.3 Å². The van der Waals surface area contributed by atoms with E-state index in [1.54, 1.807) is 13.2 Å². The molecule has 1 aromatic carbocycles. The van der Waals surface area contributed by atoms with E-state index in [4.69, 9.17) is 4.74 Å². The monoisotopic (exact) mass is 207 g/mol. The van der Waals surface area contributed by atoms with Crippen LogP contribution in [0.25, 0.3) is 0 Å². The maximum Gasteiger partial charge on any atom is 0.162 e. The molecule has 3 heteroatoms. The number of nitrogens with one attached hydrogen (secondary N) is 1. The molecule has 0 amide bonds. The third-order valence-corrected chi connectivity index (χ3v) is 2.99. The van der Waals surface area contributed by atoms with Gasteiger partial charge < -0.3 is 15.2 Å². The molecular formula is C12H17NO2. The molecule has 3 nitrogen and oxygen atoms in total. The Morgan fingerprint density at radius 1 is 1.47 bits per heavy atom. The molecule has 0 radical (unpaired) electrons. The van der Waals surface area contributed by atoms with Crippen LogP contribution in [0.2, 0.25) is 0 Å². The van der Waals surface area contributed by atoms with Crippen molar-refractivity contribution in [1.82, 2.24) is 5.32 Å². The highest BCUT2D eigenvalue weighted by Crippen LogP contribution is 2.29. The number of methoxy groups -OCH3 is 1. The molecule has 0 unspecified atom stereocenters. The highest BCUT2D eigenvalue weighted by molar-refractivity contribution is 5.45. The summed E-state index contributed by atoms with van der Waals surface area (Å²) in [4.78, 5) is 0. The maximum atomic E-state index is 9.83. The van der Waals surface area contributed by atoms with Gasteiger partial charge in [0.25, 0.3) is 0 Å². The fraction of sp³-hybridized carbons (Fsp3) is 0.500. The molecule has 0 saturated heterocycles. The molecule has 15 heavy (non-hydrogen) atoms. The molecule has 2 rings (SSSR count). The number of phenols is 1. The Bertz CT molecular complexity index is 334. The molecule has 1 aliphatic rings. The molecule has 0 heterocycles. The van der Waals surface area contributed by atoms with Gasteiger partial charge in [0.1, 0.15) is 0 Å². The van der Waals surface area contributed by atoms with E-state index in [9.17, 15) is 5.11 Å². The van der Waals surface area contributed by atoms with Gasteiger partial charge in [-0.15, -0.1) is 0 Å². The Hall–Kier alpha value is -1.22. The van der Waals surface area contributed by atoms with Gasteiger partial charge in [-0.3, -0.25) is 0 Å². The van der Waals surface area contributed by atoms with Gasteiger partial charge in [0.15, 0.2) is 11.5 Å². The summed E-state index contributed by atoms with van der Waals surface area (Å²) in [7, 11) is 1.57. The summed E-state index contributed by atoms with van der Waals surface area (Å²) in [5, 5.41) is 13.2. The van der Waals surface area contributed by atoms with Gasteiger partial charge in [0.2, 0.25) is 0 Å². The van der Waals surface area contributed by atoms with Crippen LogP contribution >= 0.6 is 0 Å². The summed E-state index contributed by atoms with van der Waals surface area (Å²) >= 11 is 0. The third-order valence-electron chi connectivity index (χ3n) is 2.99. The number of para-hydroxylation sites is 1. The van der Waals surface area contributed by atoms with Gasteiger partial charge in [-0.05, 0) is 18.9 Å². The minimum absolute atomic E-state index is 0.256. The predicted molar refractivity (Wildman–Crippen MR) is 59.1 cm³/mol. The van der Waals surface area contributed by atoms with Crippen LogP contribution in [0.5, 0.6) is 11.5 Å². The first-order chi connectivity index (χ1) is 7.31. The molecule has 1 saturated carbocycles. The number of aromatic hydroxyl groups is 1. The van der Waals surface area contributed by atoms with Crippen molar-refractivity contribution in [2.24, 2.45) is 0 Å². The molecule has 2 N–H and O–H groups in total. The van der Waals surface area contributed by atoms with E-state index >= 15 is 0 Å². The second-order valence-electron chi connectivity index (χ2n) is 3.98. The van der Waals surface area contributed by atoms with E-state index in [0.29, 0.717) is 18.3 Å². The van der Waals surface area contributed by atoms with Crippen LogP contribution in [-0.2, 0) is 6.54 Å². The highest BCUT2D eigenvalue weighted by Gasteiger charge is 2.17. The summed E-state index contributed by atoms with van der Waals surface area (Å²) in [6.45, 7) is 0.716. The van der Waals surface area contributed by atoms with Gasteiger partial charge in [-0.25, -0.2) is 0 Å². The lowest BCUT2D eigenvalue weighted by molar-refractivity contribution is 0.332. The van der Waals surface area contributed by atoms with E-state index in [-0.39, 0.29) is 5.75 Å². The third kappa shape index (κ3) is 2.23. The molecule has 0 bridgehead atoms. The van der Waals surface area contributed by atoms with E-state index in [0.717, 1.165) is 5.56 Å². The maximum absolute atomic E-state index is 9.83. The summed E-state index contributed by atoms with van der Waals surface area (Å²) in [5.41, 5.74) is 0.904. The van der Waals surface area contributed by atoms with Crippen molar-refractivity contribution in [2.45, 2.75) is 31.8 Å². The van der Waals surface area contributed by atoms with Crippen molar-refractivity contribution in [1.29, 1.82) is 0 Å². The fourth-order valence-electron chi connectivity index (χ4n) is 1.74. The SMILES string of the molecule is COc1cccc(CNC2CCC2)c1O. The zero-order valence-electron chi connectivity index (χ0n) is 8.99. The molecule has 0 aliphatic heterocycles. The first kappa shape index (κ1) is 10.3. The van der Waals surface area contributed by atoms with Crippen LogP contribution in [0, 0.1) is 0 Å². The molecule has 82 valence electrons. The average molecular weight is 207 g/mol. The topological polar surface area (TPSA) is 41.5 Å². The molecule has 0 aromatic heterocycles. The van der Waals surface area contributed by atoms with Gasteiger partial charge in [-0.1, -0.05) is 18.6 Å². The Morgan fingerprint density at radius 3 is 2.87 bits per heavy atom. The average Bonchev–Trinajstić information content (AvgIpc) is 2.18. The smallest absolute Gasteiger partial charge is 0.162 e. The molecular weight excluding hydrogens is 190 g/mol. The Balaban J connectivity index is 2.00. The predicted octanol–water partition coefficient (Wildman–Crippen LogP) is 2.04. The second-order valence-corrected chi connectivity index (χ2v) is 3.98. The summed E-state index contributed by atoms with van der Waals surface area (Å²) < 4.78 is 5.05. The lowest BCUT2D eigenvalue weighted by Gasteiger charge is -2.26. The van der Waals surface area contributed by atoms with E-state index < -0.39 is 0 Å². The Morgan fingerprint density at radius 2 is 2.27 bits per heavy atom. The van der Waals surface area contributed by atoms with E-state index in [1.807, 2.05) is 12.1 Å².